The van der Waals surface area contributed by atoms with Crippen molar-refractivity contribution in [2.45, 2.75) is 25.9 Å². The van der Waals surface area contributed by atoms with E-state index in [4.69, 9.17) is 5.73 Å². The number of aromatic nitrogens is 3. The first-order valence-electron chi connectivity index (χ1n) is 8.37. The van der Waals surface area contributed by atoms with Crippen LogP contribution in [0.2, 0.25) is 0 Å². The second-order valence-corrected chi connectivity index (χ2v) is 6.08. The van der Waals surface area contributed by atoms with E-state index in [2.05, 4.69) is 46.8 Å². The van der Waals surface area contributed by atoms with E-state index < -0.39 is 5.91 Å². The number of nitrogens with two attached hydrogens (primary N) is 1. The van der Waals surface area contributed by atoms with Crippen LogP contribution in [-0.4, -0.2) is 51.3 Å². The lowest BCUT2D eigenvalue weighted by molar-refractivity contribution is -0.118. The summed E-state index contributed by atoms with van der Waals surface area (Å²) in [5.41, 5.74) is 7.71. The van der Waals surface area contributed by atoms with E-state index in [1.807, 2.05) is 0 Å². The molecule has 1 aliphatic heterocycles. The maximum Gasteiger partial charge on any atom is 0.276 e. The zero-order valence-corrected chi connectivity index (χ0v) is 14.2. The van der Waals surface area contributed by atoms with Crippen LogP contribution in [0.15, 0.2) is 30.5 Å². The summed E-state index contributed by atoms with van der Waals surface area (Å²) >= 11 is 0. The maximum absolute atomic E-state index is 12.9. The molecule has 0 saturated carbocycles. The van der Waals surface area contributed by atoms with Crippen LogP contribution in [0.3, 0.4) is 0 Å². The second kappa shape index (κ2) is 7.43. The number of piperazine rings is 1. The summed E-state index contributed by atoms with van der Waals surface area (Å²) in [6.07, 6.45) is 2.45. The molecule has 1 saturated heterocycles. The Balaban J connectivity index is 1.80. The Labute approximate surface area is 146 Å². The van der Waals surface area contributed by atoms with Gasteiger partial charge in [0.25, 0.3) is 5.91 Å². The molecule has 8 heteroatoms. The number of amides is 2. The van der Waals surface area contributed by atoms with E-state index in [1.54, 1.807) is 4.90 Å². The minimum absolute atomic E-state index is 0.0616. The Morgan fingerprint density at radius 1 is 1.32 bits per heavy atom. The maximum atomic E-state index is 12.9. The fourth-order valence-electron chi connectivity index (χ4n) is 3.00. The number of primary amides is 1. The molecule has 2 heterocycles. The van der Waals surface area contributed by atoms with Gasteiger partial charge in [-0.1, -0.05) is 36.4 Å². The van der Waals surface area contributed by atoms with Gasteiger partial charge in [0.15, 0.2) is 5.69 Å². The first kappa shape index (κ1) is 17.1. The smallest absolute Gasteiger partial charge is 0.276 e. The first-order chi connectivity index (χ1) is 12.1. The van der Waals surface area contributed by atoms with Crippen molar-refractivity contribution in [2.75, 3.05) is 19.6 Å². The van der Waals surface area contributed by atoms with Crippen molar-refractivity contribution < 1.29 is 9.59 Å². The first-order valence-corrected chi connectivity index (χ1v) is 8.37. The number of rotatable bonds is 5. The standard InChI is InChI=1S/C17H22N6O2/c1-2-12-3-5-13(6-4-12)15-9-19-7-8-23(15)17(25)14-10-22(21-20-14)11-16(18)24/h3-6,10,15,19H,2,7-9,11H2,1H3,(H2,18,24). The largest absolute Gasteiger partial charge is 0.368 e. The van der Waals surface area contributed by atoms with E-state index >= 15 is 0 Å². The fraction of sp³-hybridized carbons (Fsp3) is 0.412. The van der Waals surface area contributed by atoms with E-state index in [1.165, 1.54) is 16.4 Å². The van der Waals surface area contributed by atoms with Gasteiger partial charge in [0.05, 0.1) is 12.2 Å². The Kier molecular flexibility index (Phi) is 5.08. The molecule has 0 radical (unpaired) electrons. The van der Waals surface area contributed by atoms with Crippen molar-refractivity contribution in [1.82, 2.24) is 25.2 Å². The van der Waals surface area contributed by atoms with Gasteiger partial charge in [0, 0.05) is 19.6 Å². The predicted molar refractivity (Wildman–Crippen MR) is 91.7 cm³/mol. The molecule has 1 atom stereocenters. The molecule has 0 bridgehead atoms. The summed E-state index contributed by atoms with van der Waals surface area (Å²) in [4.78, 5) is 25.6. The van der Waals surface area contributed by atoms with Crippen LogP contribution in [0.1, 0.15) is 34.6 Å². The number of nitrogens with zero attached hydrogens (tertiary/aromatic N) is 4. The minimum Gasteiger partial charge on any atom is -0.368 e. The number of nitrogens with one attached hydrogen (secondary N) is 1. The Hall–Kier alpha value is -2.74. The average Bonchev–Trinajstić information content (AvgIpc) is 3.09. The van der Waals surface area contributed by atoms with Crippen molar-refractivity contribution in [1.29, 1.82) is 0 Å². The number of hydrogen-bond donors (Lipinski definition) is 2. The Morgan fingerprint density at radius 3 is 2.76 bits per heavy atom. The zero-order valence-electron chi connectivity index (χ0n) is 14.2. The third-order valence-electron chi connectivity index (χ3n) is 4.35. The zero-order chi connectivity index (χ0) is 17.8. The normalized spacial score (nSPS) is 17.5. The fourth-order valence-corrected chi connectivity index (χ4v) is 3.00. The van der Waals surface area contributed by atoms with Gasteiger partial charge >= 0.3 is 0 Å². The molecular weight excluding hydrogens is 320 g/mol. The predicted octanol–water partition coefficient (Wildman–Crippen LogP) is 0.113. The highest BCUT2D eigenvalue weighted by Gasteiger charge is 2.30. The van der Waals surface area contributed by atoms with Gasteiger partial charge in [-0.15, -0.1) is 5.10 Å². The summed E-state index contributed by atoms with van der Waals surface area (Å²) < 4.78 is 1.28. The second-order valence-electron chi connectivity index (χ2n) is 6.08. The summed E-state index contributed by atoms with van der Waals surface area (Å²) in [6.45, 7) is 4.02. The number of carbonyl (C=O) groups excluding carboxylic acids is 2. The van der Waals surface area contributed by atoms with Crippen molar-refractivity contribution >= 4 is 11.8 Å². The van der Waals surface area contributed by atoms with Crippen molar-refractivity contribution in [3.8, 4) is 0 Å². The number of hydrogen-bond acceptors (Lipinski definition) is 5. The topological polar surface area (TPSA) is 106 Å². The van der Waals surface area contributed by atoms with E-state index in [0.29, 0.717) is 13.1 Å². The van der Waals surface area contributed by atoms with Crippen LogP contribution in [0.25, 0.3) is 0 Å². The summed E-state index contributed by atoms with van der Waals surface area (Å²) in [7, 11) is 0. The highest BCUT2D eigenvalue weighted by atomic mass is 16.2. The molecule has 0 spiro atoms. The molecule has 1 aromatic heterocycles. The molecule has 1 fully saturated rings. The van der Waals surface area contributed by atoms with Gasteiger partial charge in [-0.3, -0.25) is 9.59 Å². The van der Waals surface area contributed by atoms with Crippen molar-refractivity contribution in [3.63, 3.8) is 0 Å². The van der Waals surface area contributed by atoms with E-state index in [0.717, 1.165) is 18.5 Å². The third-order valence-corrected chi connectivity index (χ3v) is 4.35. The van der Waals surface area contributed by atoms with Crippen molar-refractivity contribution in [2.24, 2.45) is 5.73 Å². The molecule has 8 nitrogen and oxygen atoms in total. The van der Waals surface area contributed by atoms with Gasteiger partial charge in [-0.2, -0.15) is 0 Å². The van der Waals surface area contributed by atoms with Gasteiger partial charge in [0.2, 0.25) is 5.91 Å². The van der Waals surface area contributed by atoms with Crippen LogP contribution in [-0.2, 0) is 17.8 Å². The lowest BCUT2D eigenvalue weighted by Gasteiger charge is -2.36. The Morgan fingerprint density at radius 2 is 2.08 bits per heavy atom. The quantitative estimate of drug-likeness (QED) is 0.802. The third kappa shape index (κ3) is 3.85. The molecule has 1 unspecified atom stereocenters. The molecule has 3 N–H and O–H groups in total. The van der Waals surface area contributed by atoms with Crippen LogP contribution in [0.5, 0.6) is 0 Å². The SMILES string of the molecule is CCc1ccc(C2CNCCN2C(=O)c2cn(CC(N)=O)nn2)cc1. The highest BCUT2D eigenvalue weighted by molar-refractivity contribution is 5.92. The molecule has 0 aliphatic carbocycles. The van der Waals surface area contributed by atoms with Crippen LogP contribution >= 0.6 is 0 Å². The molecule has 25 heavy (non-hydrogen) atoms. The van der Waals surface area contributed by atoms with Crippen LogP contribution in [0, 0.1) is 0 Å². The highest BCUT2D eigenvalue weighted by Crippen LogP contribution is 2.24. The number of carbonyl (C=O) groups is 2. The lowest BCUT2D eigenvalue weighted by atomic mass is 10.0. The minimum atomic E-state index is -0.528. The van der Waals surface area contributed by atoms with Gasteiger partial charge in [0.1, 0.15) is 6.54 Å². The Bertz CT molecular complexity index is 755. The van der Waals surface area contributed by atoms with Gasteiger partial charge in [-0.05, 0) is 17.5 Å². The molecule has 1 aromatic carbocycles. The van der Waals surface area contributed by atoms with Crippen molar-refractivity contribution in [3.05, 3.63) is 47.3 Å². The monoisotopic (exact) mass is 342 g/mol. The van der Waals surface area contributed by atoms with Crippen LogP contribution < -0.4 is 11.1 Å². The number of benzene rings is 1. The number of aryl methyl sites for hydroxylation is 1. The summed E-state index contributed by atoms with van der Waals surface area (Å²) in [5.74, 6) is -0.721. The van der Waals surface area contributed by atoms with E-state index in [9.17, 15) is 9.59 Å². The lowest BCUT2D eigenvalue weighted by Crippen LogP contribution is -2.48. The molecular formula is C17H22N6O2. The molecule has 132 valence electrons. The average molecular weight is 342 g/mol. The van der Waals surface area contributed by atoms with Crippen LogP contribution in [0.4, 0.5) is 0 Å². The molecule has 2 amide bonds. The van der Waals surface area contributed by atoms with E-state index in [-0.39, 0.29) is 24.2 Å². The molecule has 3 rings (SSSR count). The molecule has 1 aliphatic rings. The summed E-state index contributed by atoms with van der Waals surface area (Å²) in [5, 5.41) is 11.0. The molecule has 2 aromatic rings. The summed E-state index contributed by atoms with van der Waals surface area (Å²) in [6, 6.07) is 8.26. The van der Waals surface area contributed by atoms with Gasteiger partial charge < -0.3 is 16.0 Å². The van der Waals surface area contributed by atoms with Gasteiger partial charge in [-0.25, -0.2) is 4.68 Å².